The SMILES string of the molecule is OC1(c2ccccc2)c2ccccc2C(O)(c2ccccc2)c2cc(Br)ccc21. The molecule has 0 aromatic heterocycles. The first-order valence-corrected chi connectivity index (χ1v) is 10.3. The lowest BCUT2D eigenvalue weighted by atomic mass is 9.63. The van der Waals surface area contributed by atoms with Gasteiger partial charge in [0.25, 0.3) is 0 Å². The Hall–Kier alpha value is -2.72. The first-order valence-electron chi connectivity index (χ1n) is 9.52. The fourth-order valence-electron chi connectivity index (χ4n) is 4.52. The van der Waals surface area contributed by atoms with E-state index < -0.39 is 11.2 Å². The molecule has 142 valence electrons. The number of fused-ring (bicyclic) bond motifs is 2. The van der Waals surface area contributed by atoms with Gasteiger partial charge in [-0.25, -0.2) is 0 Å². The van der Waals surface area contributed by atoms with Gasteiger partial charge in [0.15, 0.2) is 0 Å². The van der Waals surface area contributed by atoms with Gasteiger partial charge in [0.05, 0.1) is 0 Å². The molecule has 3 heteroatoms. The third-order valence-electron chi connectivity index (χ3n) is 5.85. The van der Waals surface area contributed by atoms with Crippen molar-refractivity contribution in [2.24, 2.45) is 0 Å². The molecular formula is C26H19BrO2. The maximum atomic E-state index is 12.2. The largest absolute Gasteiger partial charge is 0.376 e. The Morgan fingerprint density at radius 1 is 0.483 bits per heavy atom. The maximum Gasteiger partial charge on any atom is 0.141 e. The van der Waals surface area contributed by atoms with E-state index in [1.54, 1.807) is 0 Å². The molecule has 0 radical (unpaired) electrons. The fourth-order valence-corrected chi connectivity index (χ4v) is 4.88. The minimum Gasteiger partial charge on any atom is -0.376 e. The van der Waals surface area contributed by atoms with Crippen molar-refractivity contribution in [2.75, 3.05) is 0 Å². The topological polar surface area (TPSA) is 40.5 Å². The Morgan fingerprint density at radius 2 is 0.897 bits per heavy atom. The van der Waals surface area contributed by atoms with E-state index in [-0.39, 0.29) is 0 Å². The highest BCUT2D eigenvalue weighted by Gasteiger charge is 2.50. The van der Waals surface area contributed by atoms with Crippen LogP contribution in [0.5, 0.6) is 0 Å². The molecule has 0 saturated carbocycles. The molecule has 0 heterocycles. The molecule has 0 aliphatic heterocycles. The molecule has 1 aliphatic rings. The Balaban J connectivity index is 1.93. The summed E-state index contributed by atoms with van der Waals surface area (Å²) >= 11 is 3.56. The normalized spacial score (nSPS) is 22.6. The summed E-state index contributed by atoms with van der Waals surface area (Å²) in [4.78, 5) is 0. The number of halogens is 1. The van der Waals surface area contributed by atoms with Gasteiger partial charge in [-0.2, -0.15) is 0 Å². The molecule has 0 saturated heterocycles. The Kier molecular flexibility index (Phi) is 4.21. The molecule has 1 aliphatic carbocycles. The second-order valence-corrected chi connectivity index (χ2v) is 8.30. The van der Waals surface area contributed by atoms with Crippen molar-refractivity contribution in [3.8, 4) is 0 Å². The summed E-state index contributed by atoms with van der Waals surface area (Å²) in [5.41, 5.74) is 1.51. The minimum absolute atomic E-state index is 0.670. The molecule has 4 aromatic rings. The molecule has 0 amide bonds. The van der Waals surface area contributed by atoms with Crippen LogP contribution in [0.4, 0.5) is 0 Å². The average Bonchev–Trinajstić information content (AvgIpc) is 2.78. The first-order chi connectivity index (χ1) is 14.1. The molecule has 2 unspecified atom stereocenters. The van der Waals surface area contributed by atoms with Gasteiger partial charge in [-0.15, -0.1) is 0 Å². The summed E-state index contributed by atoms with van der Waals surface area (Å²) in [6, 6.07) is 32.6. The minimum atomic E-state index is -1.38. The van der Waals surface area contributed by atoms with Crippen molar-refractivity contribution in [1.29, 1.82) is 0 Å². The van der Waals surface area contributed by atoms with Gasteiger partial charge >= 0.3 is 0 Å². The van der Waals surface area contributed by atoms with E-state index in [1.165, 1.54) is 0 Å². The summed E-state index contributed by atoms with van der Waals surface area (Å²) in [6.07, 6.45) is 0. The van der Waals surface area contributed by atoms with Crippen molar-refractivity contribution < 1.29 is 10.2 Å². The molecule has 4 aromatic carbocycles. The zero-order valence-corrected chi connectivity index (χ0v) is 17.2. The van der Waals surface area contributed by atoms with Crippen LogP contribution in [0.25, 0.3) is 0 Å². The van der Waals surface area contributed by atoms with Gasteiger partial charge < -0.3 is 10.2 Å². The van der Waals surface area contributed by atoms with Gasteiger partial charge in [-0.1, -0.05) is 107 Å². The Morgan fingerprint density at radius 3 is 1.41 bits per heavy atom. The third kappa shape index (κ3) is 2.55. The van der Waals surface area contributed by atoms with E-state index in [2.05, 4.69) is 15.9 Å². The van der Waals surface area contributed by atoms with Gasteiger partial charge in [-0.3, -0.25) is 0 Å². The summed E-state index contributed by atoms with van der Waals surface area (Å²) in [5.74, 6) is 0. The number of hydrogen-bond donors (Lipinski definition) is 2. The van der Waals surface area contributed by atoms with E-state index in [1.807, 2.05) is 103 Å². The van der Waals surface area contributed by atoms with E-state index >= 15 is 0 Å². The van der Waals surface area contributed by atoms with E-state index in [9.17, 15) is 10.2 Å². The number of aliphatic hydroxyl groups is 2. The third-order valence-corrected chi connectivity index (χ3v) is 6.34. The molecule has 2 N–H and O–H groups in total. The summed E-state index contributed by atoms with van der Waals surface area (Å²) < 4.78 is 0.848. The first kappa shape index (κ1) is 18.3. The van der Waals surface area contributed by atoms with Crippen LogP contribution < -0.4 is 0 Å². The van der Waals surface area contributed by atoms with Crippen molar-refractivity contribution >= 4 is 15.9 Å². The van der Waals surface area contributed by atoms with Crippen LogP contribution in [0.3, 0.4) is 0 Å². The fraction of sp³-hybridized carbons (Fsp3) is 0.0769. The zero-order chi connectivity index (χ0) is 20.1. The maximum absolute atomic E-state index is 12.2. The monoisotopic (exact) mass is 442 g/mol. The van der Waals surface area contributed by atoms with Gasteiger partial charge in [0.1, 0.15) is 11.2 Å². The molecule has 0 fully saturated rings. The van der Waals surface area contributed by atoms with Crippen molar-refractivity contribution in [3.05, 3.63) is 141 Å². The van der Waals surface area contributed by atoms with Gasteiger partial charge in [0.2, 0.25) is 0 Å². The summed E-state index contributed by atoms with van der Waals surface area (Å²) in [5, 5.41) is 24.4. The molecule has 0 bridgehead atoms. The van der Waals surface area contributed by atoms with Crippen LogP contribution in [0.1, 0.15) is 33.4 Å². The lowest BCUT2D eigenvalue weighted by Gasteiger charge is -2.45. The standard InChI is InChI=1S/C26H19BrO2/c27-20-15-16-23-24(17-20)26(29,19-11-5-2-6-12-19)22-14-8-7-13-21(22)25(23,28)18-9-3-1-4-10-18/h1-17,28-29H. The second-order valence-electron chi connectivity index (χ2n) is 7.39. The lowest BCUT2D eigenvalue weighted by molar-refractivity contribution is 0.0747. The van der Waals surface area contributed by atoms with E-state index in [4.69, 9.17) is 0 Å². The van der Waals surface area contributed by atoms with Gasteiger partial charge in [-0.05, 0) is 39.9 Å². The predicted molar refractivity (Wildman–Crippen MR) is 118 cm³/mol. The number of hydrogen-bond acceptors (Lipinski definition) is 2. The average molecular weight is 443 g/mol. The second kappa shape index (κ2) is 6.67. The highest BCUT2D eigenvalue weighted by Crippen LogP contribution is 2.53. The van der Waals surface area contributed by atoms with Crippen LogP contribution >= 0.6 is 15.9 Å². The highest BCUT2D eigenvalue weighted by molar-refractivity contribution is 9.10. The highest BCUT2D eigenvalue weighted by atomic mass is 79.9. The van der Waals surface area contributed by atoms with Crippen molar-refractivity contribution in [3.63, 3.8) is 0 Å². The molecule has 2 atom stereocenters. The van der Waals surface area contributed by atoms with Crippen LogP contribution in [0, 0.1) is 0 Å². The van der Waals surface area contributed by atoms with Gasteiger partial charge in [0, 0.05) is 10.0 Å². The molecule has 5 rings (SSSR count). The van der Waals surface area contributed by atoms with Crippen LogP contribution in [0.2, 0.25) is 0 Å². The predicted octanol–water partition coefficient (Wildman–Crippen LogP) is 5.33. The van der Waals surface area contributed by atoms with E-state index in [0.29, 0.717) is 22.3 Å². The molecule has 2 nitrogen and oxygen atoms in total. The summed E-state index contributed by atoms with van der Waals surface area (Å²) in [7, 11) is 0. The van der Waals surface area contributed by atoms with Crippen LogP contribution in [0.15, 0.2) is 108 Å². The van der Waals surface area contributed by atoms with Crippen molar-refractivity contribution in [2.45, 2.75) is 11.2 Å². The quantitative estimate of drug-likeness (QED) is 0.440. The number of benzene rings is 4. The van der Waals surface area contributed by atoms with Crippen molar-refractivity contribution in [1.82, 2.24) is 0 Å². The Bertz CT molecular complexity index is 1190. The molecular weight excluding hydrogens is 424 g/mol. The lowest BCUT2D eigenvalue weighted by Crippen LogP contribution is -2.44. The molecule has 29 heavy (non-hydrogen) atoms. The smallest absolute Gasteiger partial charge is 0.141 e. The number of rotatable bonds is 2. The summed E-state index contributed by atoms with van der Waals surface area (Å²) in [6.45, 7) is 0. The van der Waals surface area contributed by atoms with Crippen LogP contribution in [-0.4, -0.2) is 10.2 Å². The van der Waals surface area contributed by atoms with Crippen LogP contribution in [-0.2, 0) is 11.2 Å². The Labute approximate surface area is 178 Å². The van der Waals surface area contributed by atoms with E-state index in [0.717, 1.165) is 15.6 Å². The zero-order valence-electron chi connectivity index (χ0n) is 15.6. The molecule has 0 spiro atoms.